The van der Waals surface area contributed by atoms with E-state index in [2.05, 4.69) is 22.8 Å². The highest BCUT2D eigenvalue weighted by molar-refractivity contribution is 5.85. The first-order valence-corrected chi connectivity index (χ1v) is 7.05. The van der Waals surface area contributed by atoms with E-state index in [-0.39, 0.29) is 0 Å². The predicted octanol–water partition coefficient (Wildman–Crippen LogP) is 2.66. The second-order valence-corrected chi connectivity index (χ2v) is 5.68. The molecular weight excluding hydrogens is 268 g/mol. The Labute approximate surface area is 125 Å². The minimum absolute atomic E-state index is 0.318. The number of benzene rings is 1. The third-order valence-electron chi connectivity index (χ3n) is 3.83. The molecule has 21 heavy (non-hydrogen) atoms. The lowest BCUT2D eigenvalue weighted by atomic mass is 9.99. The Balaban J connectivity index is 2.72. The number of carboxylic acids is 1. The van der Waals surface area contributed by atoms with Gasteiger partial charge in [0.25, 0.3) is 0 Å². The van der Waals surface area contributed by atoms with Gasteiger partial charge in [-0.1, -0.05) is 24.6 Å². The Hall–Kier alpha value is -2.04. The first kappa shape index (κ1) is 17.0. The zero-order valence-corrected chi connectivity index (χ0v) is 13.3. The fourth-order valence-corrected chi connectivity index (χ4v) is 2.25. The predicted molar refractivity (Wildman–Crippen MR) is 82.4 cm³/mol. The maximum absolute atomic E-state index is 11.9. The second kappa shape index (κ2) is 6.61. The summed E-state index contributed by atoms with van der Waals surface area (Å²) in [5, 5.41) is 14.4. The largest absolute Gasteiger partial charge is 0.480 e. The van der Waals surface area contributed by atoms with Gasteiger partial charge in [0, 0.05) is 6.54 Å². The summed E-state index contributed by atoms with van der Waals surface area (Å²) < 4.78 is 0. The topological polar surface area (TPSA) is 78.4 Å². The summed E-state index contributed by atoms with van der Waals surface area (Å²) in [6.45, 7) is 9.64. The summed E-state index contributed by atoms with van der Waals surface area (Å²) >= 11 is 0. The Morgan fingerprint density at radius 3 is 2.14 bits per heavy atom. The Morgan fingerprint density at radius 2 is 1.71 bits per heavy atom. The summed E-state index contributed by atoms with van der Waals surface area (Å²) in [6.07, 6.45) is 0.318. The van der Waals surface area contributed by atoms with Crippen molar-refractivity contribution in [2.75, 3.05) is 0 Å². The number of aliphatic carboxylic acids is 1. The molecule has 0 aliphatic rings. The molecule has 5 nitrogen and oxygen atoms in total. The first-order valence-electron chi connectivity index (χ1n) is 7.05. The van der Waals surface area contributed by atoms with Crippen molar-refractivity contribution in [3.05, 3.63) is 34.4 Å². The third-order valence-corrected chi connectivity index (χ3v) is 3.83. The lowest BCUT2D eigenvalue weighted by molar-refractivity contribution is -0.143. The van der Waals surface area contributed by atoms with E-state index in [1.807, 2.05) is 20.8 Å². The van der Waals surface area contributed by atoms with Gasteiger partial charge in [0.1, 0.15) is 5.54 Å². The van der Waals surface area contributed by atoms with Crippen molar-refractivity contribution in [1.29, 1.82) is 0 Å². The van der Waals surface area contributed by atoms with Crippen LogP contribution in [0.15, 0.2) is 12.1 Å². The third kappa shape index (κ3) is 4.21. The molecule has 5 heteroatoms. The van der Waals surface area contributed by atoms with Gasteiger partial charge in [0.05, 0.1) is 0 Å². The highest BCUT2D eigenvalue weighted by Gasteiger charge is 2.32. The minimum Gasteiger partial charge on any atom is -0.480 e. The summed E-state index contributed by atoms with van der Waals surface area (Å²) in [5.41, 5.74) is 3.22. The smallest absolute Gasteiger partial charge is 0.329 e. The number of nitrogens with one attached hydrogen (secondary N) is 2. The Bertz CT molecular complexity index is 531. The summed E-state index contributed by atoms with van der Waals surface area (Å²) in [4.78, 5) is 23.1. The number of rotatable bonds is 5. The molecule has 1 atom stereocenters. The molecule has 0 saturated heterocycles. The van der Waals surface area contributed by atoms with Crippen LogP contribution in [0.5, 0.6) is 0 Å². The standard InChI is InChI=1S/C16H24N2O3/c1-6-16(5,14(19)20)18-15(21)17-9-13-11(3)7-10(2)8-12(13)4/h7-8H,6,9H2,1-5H3,(H,19,20)(H2,17,18,21). The SMILES string of the molecule is CCC(C)(NC(=O)NCc1c(C)cc(C)cc1C)C(=O)O. The molecule has 3 N–H and O–H groups in total. The van der Waals surface area contributed by atoms with Crippen LogP contribution < -0.4 is 10.6 Å². The number of aryl methyl sites for hydroxylation is 3. The summed E-state index contributed by atoms with van der Waals surface area (Å²) in [7, 11) is 0. The highest BCUT2D eigenvalue weighted by atomic mass is 16.4. The van der Waals surface area contributed by atoms with Crippen molar-refractivity contribution in [2.45, 2.75) is 53.1 Å². The Morgan fingerprint density at radius 1 is 1.19 bits per heavy atom. The minimum atomic E-state index is -1.25. The van der Waals surface area contributed by atoms with Crippen LogP contribution in [0, 0.1) is 20.8 Å². The monoisotopic (exact) mass is 292 g/mol. The fraction of sp³-hybridized carbons (Fsp3) is 0.500. The van der Waals surface area contributed by atoms with Crippen molar-refractivity contribution >= 4 is 12.0 Å². The highest BCUT2D eigenvalue weighted by Crippen LogP contribution is 2.16. The van der Waals surface area contributed by atoms with Crippen molar-refractivity contribution < 1.29 is 14.7 Å². The molecular formula is C16H24N2O3. The maximum atomic E-state index is 11.9. The van der Waals surface area contributed by atoms with Crippen molar-refractivity contribution in [3.8, 4) is 0 Å². The quantitative estimate of drug-likeness (QED) is 0.780. The van der Waals surface area contributed by atoms with Crippen molar-refractivity contribution in [3.63, 3.8) is 0 Å². The normalized spacial score (nSPS) is 13.4. The zero-order valence-electron chi connectivity index (χ0n) is 13.3. The van der Waals surface area contributed by atoms with Gasteiger partial charge in [-0.15, -0.1) is 0 Å². The molecule has 0 aliphatic carbocycles. The molecule has 1 aromatic carbocycles. The van der Waals surface area contributed by atoms with E-state index in [0.29, 0.717) is 13.0 Å². The Kier molecular flexibility index (Phi) is 5.35. The summed E-state index contributed by atoms with van der Waals surface area (Å²) in [6, 6.07) is 3.66. The molecule has 0 bridgehead atoms. The second-order valence-electron chi connectivity index (χ2n) is 5.68. The molecule has 1 unspecified atom stereocenters. The molecule has 0 radical (unpaired) electrons. The number of carbonyl (C=O) groups excluding carboxylic acids is 1. The molecule has 0 aliphatic heterocycles. The van der Waals surface area contributed by atoms with Crippen LogP contribution in [-0.2, 0) is 11.3 Å². The fourth-order valence-electron chi connectivity index (χ4n) is 2.25. The van der Waals surface area contributed by atoms with Gasteiger partial charge < -0.3 is 15.7 Å². The van der Waals surface area contributed by atoms with Gasteiger partial charge in [-0.25, -0.2) is 9.59 Å². The number of amides is 2. The van der Waals surface area contributed by atoms with Crippen LogP contribution in [-0.4, -0.2) is 22.6 Å². The van der Waals surface area contributed by atoms with Crippen molar-refractivity contribution in [2.24, 2.45) is 0 Å². The molecule has 116 valence electrons. The van der Waals surface area contributed by atoms with Gasteiger partial charge in [0.15, 0.2) is 0 Å². The zero-order chi connectivity index (χ0) is 16.2. The first-order chi connectivity index (χ1) is 9.69. The lowest BCUT2D eigenvalue weighted by Crippen LogP contribution is -2.54. The average molecular weight is 292 g/mol. The summed E-state index contributed by atoms with van der Waals surface area (Å²) in [5.74, 6) is -1.04. The lowest BCUT2D eigenvalue weighted by Gasteiger charge is -2.25. The average Bonchev–Trinajstić information content (AvgIpc) is 2.36. The van der Waals surface area contributed by atoms with Crippen LogP contribution in [0.25, 0.3) is 0 Å². The van der Waals surface area contributed by atoms with Crippen LogP contribution >= 0.6 is 0 Å². The number of urea groups is 1. The van der Waals surface area contributed by atoms with E-state index in [1.54, 1.807) is 6.92 Å². The molecule has 0 aromatic heterocycles. The molecule has 0 fully saturated rings. The molecule has 2 amide bonds. The van der Waals surface area contributed by atoms with Gasteiger partial charge in [-0.2, -0.15) is 0 Å². The van der Waals surface area contributed by atoms with Crippen molar-refractivity contribution in [1.82, 2.24) is 10.6 Å². The number of hydrogen-bond acceptors (Lipinski definition) is 2. The van der Waals surface area contributed by atoms with Crippen LogP contribution in [0.3, 0.4) is 0 Å². The molecule has 0 saturated carbocycles. The number of carboxylic acid groups (broad SMARTS) is 1. The van der Waals surface area contributed by atoms with E-state index in [4.69, 9.17) is 5.11 Å². The maximum Gasteiger partial charge on any atom is 0.329 e. The van der Waals surface area contributed by atoms with E-state index < -0.39 is 17.5 Å². The number of hydrogen-bond donors (Lipinski definition) is 3. The van der Waals surface area contributed by atoms with E-state index >= 15 is 0 Å². The van der Waals surface area contributed by atoms with Crippen LogP contribution in [0.4, 0.5) is 4.79 Å². The van der Waals surface area contributed by atoms with Gasteiger partial charge in [0.2, 0.25) is 0 Å². The van der Waals surface area contributed by atoms with Gasteiger partial charge in [-0.3, -0.25) is 0 Å². The van der Waals surface area contributed by atoms with Crippen LogP contribution in [0.1, 0.15) is 42.5 Å². The van der Waals surface area contributed by atoms with Gasteiger partial charge in [-0.05, 0) is 50.8 Å². The molecule has 0 heterocycles. The molecule has 1 aromatic rings. The molecule has 1 rings (SSSR count). The van der Waals surface area contributed by atoms with Gasteiger partial charge >= 0.3 is 12.0 Å². The van der Waals surface area contributed by atoms with E-state index in [1.165, 1.54) is 12.5 Å². The van der Waals surface area contributed by atoms with E-state index in [9.17, 15) is 9.59 Å². The van der Waals surface area contributed by atoms with Crippen LogP contribution in [0.2, 0.25) is 0 Å². The number of carbonyl (C=O) groups is 2. The molecule has 0 spiro atoms. The van der Waals surface area contributed by atoms with E-state index in [0.717, 1.165) is 16.7 Å².